The molecule has 112 valence electrons. The van der Waals surface area contributed by atoms with Gasteiger partial charge in [0.1, 0.15) is 11.5 Å². The van der Waals surface area contributed by atoms with E-state index in [-0.39, 0.29) is 12.5 Å². The highest BCUT2D eigenvalue weighted by Crippen LogP contribution is 2.24. The Morgan fingerprint density at radius 3 is 2.57 bits per heavy atom. The number of nitrogens with one attached hydrogen (secondary N) is 1. The molecule has 0 saturated carbocycles. The third-order valence-electron chi connectivity index (χ3n) is 3.23. The molecule has 0 radical (unpaired) electrons. The SMILES string of the molecule is Cc1cc(C)c(OCC(=O)NCCc2ccco2)c(C)c1. The van der Waals surface area contributed by atoms with E-state index in [1.807, 2.05) is 32.9 Å². The molecule has 0 bridgehead atoms. The van der Waals surface area contributed by atoms with Crippen molar-refractivity contribution < 1.29 is 13.9 Å². The molecule has 0 unspecified atom stereocenters. The molecule has 1 heterocycles. The second-order valence-electron chi connectivity index (χ2n) is 5.20. The zero-order chi connectivity index (χ0) is 15.2. The Bertz CT molecular complexity index is 579. The summed E-state index contributed by atoms with van der Waals surface area (Å²) in [4.78, 5) is 11.8. The van der Waals surface area contributed by atoms with Crippen LogP contribution in [0.5, 0.6) is 5.75 Å². The van der Waals surface area contributed by atoms with Gasteiger partial charge in [0.05, 0.1) is 6.26 Å². The van der Waals surface area contributed by atoms with Gasteiger partial charge in [-0.25, -0.2) is 0 Å². The van der Waals surface area contributed by atoms with Crippen molar-refractivity contribution in [3.8, 4) is 5.75 Å². The first-order chi connectivity index (χ1) is 10.1. The van der Waals surface area contributed by atoms with Crippen LogP contribution in [0.4, 0.5) is 0 Å². The zero-order valence-electron chi connectivity index (χ0n) is 12.7. The maximum atomic E-state index is 11.8. The van der Waals surface area contributed by atoms with Crippen LogP contribution in [0, 0.1) is 20.8 Å². The molecule has 2 rings (SSSR count). The topological polar surface area (TPSA) is 51.5 Å². The number of carbonyl (C=O) groups excluding carboxylic acids is 1. The molecule has 1 aromatic heterocycles. The Balaban J connectivity index is 1.79. The minimum absolute atomic E-state index is 0.0307. The van der Waals surface area contributed by atoms with E-state index in [2.05, 4.69) is 17.4 Å². The lowest BCUT2D eigenvalue weighted by Crippen LogP contribution is -2.30. The van der Waals surface area contributed by atoms with Crippen LogP contribution in [-0.2, 0) is 11.2 Å². The van der Waals surface area contributed by atoms with Crippen molar-refractivity contribution >= 4 is 5.91 Å². The molecular formula is C17H21NO3. The number of amides is 1. The average Bonchev–Trinajstić information content (AvgIpc) is 2.90. The molecule has 4 nitrogen and oxygen atoms in total. The van der Waals surface area contributed by atoms with Gasteiger partial charge in [-0.1, -0.05) is 17.7 Å². The molecule has 0 saturated heterocycles. The molecule has 1 aromatic carbocycles. The maximum absolute atomic E-state index is 11.8. The number of benzene rings is 1. The normalized spacial score (nSPS) is 10.4. The van der Waals surface area contributed by atoms with Gasteiger partial charge in [0, 0.05) is 13.0 Å². The monoisotopic (exact) mass is 287 g/mol. The van der Waals surface area contributed by atoms with Crippen LogP contribution in [0.15, 0.2) is 34.9 Å². The van der Waals surface area contributed by atoms with Crippen molar-refractivity contribution in [1.29, 1.82) is 0 Å². The van der Waals surface area contributed by atoms with E-state index < -0.39 is 0 Å². The summed E-state index contributed by atoms with van der Waals surface area (Å²) in [5, 5.41) is 2.82. The third-order valence-corrected chi connectivity index (χ3v) is 3.23. The van der Waals surface area contributed by atoms with Crippen LogP contribution in [0.25, 0.3) is 0 Å². The van der Waals surface area contributed by atoms with Crippen LogP contribution in [0.2, 0.25) is 0 Å². The van der Waals surface area contributed by atoms with Gasteiger partial charge in [-0.2, -0.15) is 0 Å². The van der Waals surface area contributed by atoms with Crippen molar-refractivity contribution in [2.24, 2.45) is 0 Å². The molecule has 2 aromatic rings. The first-order valence-corrected chi connectivity index (χ1v) is 7.06. The van der Waals surface area contributed by atoms with Gasteiger partial charge in [0.2, 0.25) is 0 Å². The minimum atomic E-state index is -0.124. The third kappa shape index (κ3) is 4.38. The molecule has 4 heteroatoms. The molecule has 0 spiro atoms. The van der Waals surface area contributed by atoms with Crippen LogP contribution in [0.1, 0.15) is 22.5 Å². The highest BCUT2D eigenvalue weighted by molar-refractivity contribution is 5.77. The van der Waals surface area contributed by atoms with Crippen molar-refractivity contribution in [2.75, 3.05) is 13.2 Å². The fraction of sp³-hybridized carbons (Fsp3) is 0.353. The fourth-order valence-corrected chi connectivity index (χ4v) is 2.36. The summed E-state index contributed by atoms with van der Waals surface area (Å²) in [5.41, 5.74) is 3.30. The minimum Gasteiger partial charge on any atom is -0.483 e. The number of furan rings is 1. The summed E-state index contributed by atoms with van der Waals surface area (Å²) in [6, 6.07) is 7.83. The number of hydrogen-bond acceptors (Lipinski definition) is 3. The van der Waals surface area contributed by atoms with Crippen LogP contribution < -0.4 is 10.1 Å². The van der Waals surface area contributed by atoms with E-state index >= 15 is 0 Å². The Morgan fingerprint density at radius 1 is 1.24 bits per heavy atom. The predicted molar refractivity (Wildman–Crippen MR) is 81.6 cm³/mol. The van der Waals surface area contributed by atoms with Gasteiger partial charge in [-0.05, 0) is 44.0 Å². The van der Waals surface area contributed by atoms with Crippen LogP contribution in [-0.4, -0.2) is 19.1 Å². The molecule has 0 fully saturated rings. The zero-order valence-corrected chi connectivity index (χ0v) is 12.7. The maximum Gasteiger partial charge on any atom is 0.257 e. The largest absolute Gasteiger partial charge is 0.483 e. The molecule has 21 heavy (non-hydrogen) atoms. The molecular weight excluding hydrogens is 266 g/mol. The standard InChI is InChI=1S/C17H21NO3/c1-12-9-13(2)17(14(3)10-12)21-11-16(19)18-7-6-15-5-4-8-20-15/h4-5,8-10H,6-7,11H2,1-3H3,(H,18,19). The Labute approximate surface area is 125 Å². The highest BCUT2D eigenvalue weighted by atomic mass is 16.5. The lowest BCUT2D eigenvalue weighted by Gasteiger charge is -2.13. The van der Waals surface area contributed by atoms with Crippen molar-refractivity contribution in [3.05, 3.63) is 53.0 Å². The van der Waals surface area contributed by atoms with E-state index in [9.17, 15) is 4.79 Å². The van der Waals surface area contributed by atoms with Crippen LogP contribution >= 0.6 is 0 Å². The quantitative estimate of drug-likeness (QED) is 0.888. The van der Waals surface area contributed by atoms with Crippen molar-refractivity contribution in [1.82, 2.24) is 5.32 Å². The molecule has 0 atom stereocenters. The van der Waals surface area contributed by atoms with Gasteiger partial charge in [0.15, 0.2) is 6.61 Å². The average molecular weight is 287 g/mol. The lowest BCUT2D eigenvalue weighted by atomic mass is 10.1. The lowest BCUT2D eigenvalue weighted by molar-refractivity contribution is -0.123. The molecule has 1 amide bonds. The number of aryl methyl sites for hydroxylation is 3. The molecule has 0 aliphatic heterocycles. The number of ether oxygens (including phenoxy) is 1. The number of rotatable bonds is 6. The van der Waals surface area contributed by atoms with Gasteiger partial charge in [-0.15, -0.1) is 0 Å². The van der Waals surface area contributed by atoms with Crippen molar-refractivity contribution in [3.63, 3.8) is 0 Å². The highest BCUT2D eigenvalue weighted by Gasteiger charge is 2.08. The first kappa shape index (κ1) is 15.2. The molecule has 0 aliphatic carbocycles. The second kappa shape index (κ2) is 6.97. The van der Waals surface area contributed by atoms with Gasteiger partial charge < -0.3 is 14.5 Å². The van der Waals surface area contributed by atoms with Crippen molar-refractivity contribution in [2.45, 2.75) is 27.2 Å². The Hall–Kier alpha value is -2.23. The smallest absolute Gasteiger partial charge is 0.257 e. The van der Waals surface area contributed by atoms with E-state index in [0.717, 1.165) is 22.6 Å². The summed E-state index contributed by atoms with van der Waals surface area (Å²) in [6.07, 6.45) is 2.31. The van der Waals surface area contributed by atoms with E-state index in [4.69, 9.17) is 9.15 Å². The van der Waals surface area contributed by atoms with E-state index in [1.165, 1.54) is 5.56 Å². The summed E-state index contributed by atoms with van der Waals surface area (Å²) in [6.45, 7) is 6.60. The van der Waals surface area contributed by atoms with Gasteiger partial charge >= 0.3 is 0 Å². The Morgan fingerprint density at radius 2 is 1.95 bits per heavy atom. The molecule has 0 aliphatic rings. The Kier molecular flexibility index (Phi) is 5.04. The first-order valence-electron chi connectivity index (χ1n) is 7.06. The summed E-state index contributed by atoms with van der Waals surface area (Å²) in [7, 11) is 0. The number of hydrogen-bond donors (Lipinski definition) is 1. The number of carbonyl (C=O) groups is 1. The molecule has 1 N–H and O–H groups in total. The fourth-order valence-electron chi connectivity index (χ4n) is 2.36. The summed E-state index contributed by atoms with van der Waals surface area (Å²) < 4.78 is 10.8. The summed E-state index contributed by atoms with van der Waals surface area (Å²) in [5.74, 6) is 1.53. The summed E-state index contributed by atoms with van der Waals surface area (Å²) >= 11 is 0. The van der Waals surface area contributed by atoms with Crippen LogP contribution in [0.3, 0.4) is 0 Å². The van der Waals surface area contributed by atoms with E-state index in [0.29, 0.717) is 13.0 Å². The second-order valence-corrected chi connectivity index (χ2v) is 5.20. The van der Waals surface area contributed by atoms with E-state index in [1.54, 1.807) is 6.26 Å². The predicted octanol–water partition coefficient (Wildman–Crippen LogP) is 2.94. The van der Waals surface area contributed by atoms with Gasteiger partial charge in [0.25, 0.3) is 5.91 Å². The van der Waals surface area contributed by atoms with Gasteiger partial charge in [-0.3, -0.25) is 4.79 Å².